The summed E-state index contributed by atoms with van der Waals surface area (Å²) < 4.78 is 5.96. The van der Waals surface area contributed by atoms with Crippen molar-refractivity contribution < 1.29 is 9.21 Å². The van der Waals surface area contributed by atoms with Crippen LogP contribution in [-0.2, 0) is 6.42 Å². The number of fused-ring (bicyclic) bond motifs is 1. The van der Waals surface area contributed by atoms with Gasteiger partial charge in [-0.15, -0.1) is 0 Å². The monoisotopic (exact) mass is 326 g/mol. The quantitative estimate of drug-likeness (QED) is 0.459. The van der Waals surface area contributed by atoms with Gasteiger partial charge in [-0.25, -0.2) is 0 Å². The van der Waals surface area contributed by atoms with Gasteiger partial charge in [0.2, 0.25) is 5.78 Å². The van der Waals surface area contributed by atoms with E-state index in [1.165, 1.54) is 11.1 Å². The van der Waals surface area contributed by atoms with Crippen LogP contribution in [0.25, 0.3) is 11.0 Å². The van der Waals surface area contributed by atoms with E-state index in [1.807, 2.05) is 54.6 Å². The van der Waals surface area contributed by atoms with E-state index in [-0.39, 0.29) is 5.78 Å². The van der Waals surface area contributed by atoms with Crippen molar-refractivity contribution in [2.45, 2.75) is 13.3 Å². The molecule has 0 bridgehead atoms. The van der Waals surface area contributed by atoms with Gasteiger partial charge < -0.3 is 4.42 Å². The van der Waals surface area contributed by atoms with Gasteiger partial charge in [0, 0.05) is 22.9 Å². The molecule has 0 fully saturated rings. The first-order chi connectivity index (χ1) is 12.2. The number of carbonyl (C=O) groups excluding carboxylic acids is 1. The van der Waals surface area contributed by atoms with E-state index >= 15 is 0 Å². The van der Waals surface area contributed by atoms with Crippen LogP contribution in [-0.4, -0.2) is 5.78 Å². The zero-order valence-corrected chi connectivity index (χ0v) is 14.0. The van der Waals surface area contributed by atoms with E-state index in [9.17, 15) is 4.79 Å². The van der Waals surface area contributed by atoms with Crippen molar-refractivity contribution in [2.75, 3.05) is 0 Å². The van der Waals surface area contributed by atoms with Crippen molar-refractivity contribution in [1.82, 2.24) is 0 Å². The number of benzene rings is 3. The van der Waals surface area contributed by atoms with Crippen LogP contribution in [0.15, 0.2) is 83.3 Å². The van der Waals surface area contributed by atoms with Crippen molar-refractivity contribution in [2.24, 2.45) is 0 Å². The van der Waals surface area contributed by atoms with Crippen LogP contribution in [0.3, 0.4) is 0 Å². The van der Waals surface area contributed by atoms with Gasteiger partial charge in [-0.3, -0.25) is 4.79 Å². The highest BCUT2D eigenvalue weighted by molar-refractivity contribution is 6.10. The minimum atomic E-state index is -0.0705. The number of aryl methyl sites for hydroxylation is 1. The Hall–Kier alpha value is -3.13. The van der Waals surface area contributed by atoms with Crippen molar-refractivity contribution in [3.63, 3.8) is 0 Å². The van der Waals surface area contributed by atoms with Crippen molar-refractivity contribution in [3.8, 4) is 0 Å². The molecule has 1 heterocycles. The molecular weight excluding hydrogens is 308 g/mol. The zero-order valence-electron chi connectivity index (χ0n) is 14.0. The van der Waals surface area contributed by atoms with Crippen molar-refractivity contribution >= 4 is 16.8 Å². The van der Waals surface area contributed by atoms with Gasteiger partial charge in [-0.05, 0) is 18.6 Å². The van der Waals surface area contributed by atoms with Gasteiger partial charge in [0.1, 0.15) is 5.58 Å². The predicted octanol–water partition coefficient (Wildman–Crippen LogP) is 5.56. The summed E-state index contributed by atoms with van der Waals surface area (Å²) in [7, 11) is 0. The Morgan fingerprint density at radius 1 is 0.840 bits per heavy atom. The maximum atomic E-state index is 13.0. The molecule has 4 aromatic rings. The Kier molecular flexibility index (Phi) is 3.95. The summed E-state index contributed by atoms with van der Waals surface area (Å²) in [6.07, 6.45) is 0.672. The van der Waals surface area contributed by atoms with Crippen molar-refractivity contribution in [3.05, 3.63) is 107 Å². The molecule has 0 amide bonds. The second-order valence-electron chi connectivity index (χ2n) is 6.26. The maximum absolute atomic E-state index is 13.0. The van der Waals surface area contributed by atoms with Crippen LogP contribution in [0.2, 0.25) is 0 Å². The van der Waals surface area contributed by atoms with Crippen LogP contribution in [0.1, 0.15) is 32.8 Å². The summed E-state index contributed by atoms with van der Waals surface area (Å²) in [6.45, 7) is 2.07. The fraction of sp³-hybridized carbons (Fsp3) is 0.0870. The number of ketones is 1. The summed E-state index contributed by atoms with van der Waals surface area (Å²) in [5.74, 6) is 0.367. The van der Waals surface area contributed by atoms with E-state index in [0.717, 1.165) is 16.5 Å². The lowest BCUT2D eigenvalue weighted by molar-refractivity contribution is 0.101. The van der Waals surface area contributed by atoms with E-state index in [4.69, 9.17) is 4.42 Å². The minimum Gasteiger partial charge on any atom is -0.452 e. The molecule has 0 aliphatic rings. The molecule has 122 valence electrons. The molecule has 25 heavy (non-hydrogen) atoms. The zero-order chi connectivity index (χ0) is 17.2. The Balaban J connectivity index is 1.83. The Bertz CT molecular complexity index is 1020. The van der Waals surface area contributed by atoms with Crippen molar-refractivity contribution in [1.29, 1.82) is 0 Å². The molecular formula is C23H18O2. The summed E-state index contributed by atoms with van der Waals surface area (Å²) in [4.78, 5) is 13.0. The molecule has 0 aliphatic carbocycles. The molecule has 0 saturated carbocycles. The lowest BCUT2D eigenvalue weighted by atomic mass is 9.97. The third-order valence-corrected chi connectivity index (χ3v) is 4.44. The molecule has 0 aliphatic heterocycles. The summed E-state index contributed by atoms with van der Waals surface area (Å²) in [5, 5.41) is 1.00. The number of rotatable bonds is 4. The van der Waals surface area contributed by atoms with Gasteiger partial charge >= 0.3 is 0 Å². The van der Waals surface area contributed by atoms with E-state index in [2.05, 4.69) is 31.2 Å². The molecule has 4 rings (SSSR count). The third kappa shape index (κ3) is 2.99. The largest absolute Gasteiger partial charge is 0.452 e. The van der Waals surface area contributed by atoms with Crippen LogP contribution >= 0.6 is 0 Å². The Morgan fingerprint density at radius 2 is 1.52 bits per heavy atom. The number of furan rings is 1. The molecule has 0 saturated heterocycles. The fourth-order valence-corrected chi connectivity index (χ4v) is 3.09. The van der Waals surface area contributed by atoms with E-state index in [0.29, 0.717) is 17.7 Å². The Morgan fingerprint density at radius 3 is 2.28 bits per heavy atom. The van der Waals surface area contributed by atoms with Gasteiger partial charge in [0.25, 0.3) is 0 Å². The van der Waals surface area contributed by atoms with E-state index < -0.39 is 0 Å². The van der Waals surface area contributed by atoms with Crippen LogP contribution < -0.4 is 0 Å². The summed E-state index contributed by atoms with van der Waals surface area (Å²) >= 11 is 0. The number of para-hydroxylation sites is 1. The van der Waals surface area contributed by atoms with Crippen LogP contribution in [0.4, 0.5) is 0 Å². The second kappa shape index (κ2) is 6.40. The third-order valence-electron chi connectivity index (χ3n) is 4.44. The van der Waals surface area contributed by atoms with E-state index in [1.54, 1.807) is 0 Å². The Labute approximate surface area is 146 Å². The van der Waals surface area contributed by atoms with Gasteiger partial charge in [0.05, 0.1) is 0 Å². The molecule has 0 unspecified atom stereocenters. The summed E-state index contributed by atoms with van der Waals surface area (Å²) in [5.41, 5.74) is 4.74. The molecule has 1 aromatic heterocycles. The second-order valence-corrected chi connectivity index (χ2v) is 6.26. The number of hydrogen-bond donors (Lipinski definition) is 0. The fourth-order valence-electron chi connectivity index (χ4n) is 3.09. The maximum Gasteiger partial charge on any atom is 0.228 e. The molecule has 0 N–H and O–H groups in total. The molecule has 2 nitrogen and oxygen atoms in total. The highest BCUT2D eigenvalue weighted by Crippen LogP contribution is 2.30. The van der Waals surface area contributed by atoms with Crippen LogP contribution in [0.5, 0.6) is 0 Å². The highest BCUT2D eigenvalue weighted by atomic mass is 16.3. The first kappa shape index (κ1) is 15.4. The predicted molar refractivity (Wildman–Crippen MR) is 100 cm³/mol. The minimum absolute atomic E-state index is 0.0705. The number of carbonyl (C=O) groups is 1. The molecule has 0 atom stereocenters. The smallest absolute Gasteiger partial charge is 0.228 e. The van der Waals surface area contributed by atoms with Gasteiger partial charge in [0.15, 0.2) is 5.76 Å². The first-order valence-electron chi connectivity index (χ1n) is 8.38. The summed E-state index contributed by atoms with van der Waals surface area (Å²) in [6, 6.07) is 25.5. The SMILES string of the molecule is Cc1ccc(Cc2c(C(=O)c3ccccc3)oc3ccccc23)cc1. The van der Waals surface area contributed by atoms with Gasteiger partial charge in [-0.2, -0.15) is 0 Å². The average Bonchev–Trinajstić information content (AvgIpc) is 3.02. The molecule has 2 heteroatoms. The first-order valence-corrected chi connectivity index (χ1v) is 8.38. The molecule has 0 spiro atoms. The molecule has 0 radical (unpaired) electrons. The lowest BCUT2D eigenvalue weighted by Gasteiger charge is -2.04. The highest BCUT2D eigenvalue weighted by Gasteiger charge is 2.21. The average molecular weight is 326 g/mol. The standard InChI is InChI=1S/C23H18O2/c1-16-11-13-17(14-12-16)15-20-19-9-5-6-10-21(19)25-23(20)22(24)18-7-3-2-4-8-18/h2-14H,15H2,1H3. The number of hydrogen-bond acceptors (Lipinski definition) is 2. The lowest BCUT2D eigenvalue weighted by Crippen LogP contribution is -2.03. The topological polar surface area (TPSA) is 30.2 Å². The van der Waals surface area contributed by atoms with Gasteiger partial charge in [-0.1, -0.05) is 78.4 Å². The molecule has 3 aromatic carbocycles. The normalized spacial score (nSPS) is 10.9. The van der Waals surface area contributed by atoms with Crippen LogP contribution in [0, 0.1) is 6.92 Å².